The van der Waals surface area contributed by atoms with Crippen LogP contribution in [0.25, 0.3) is 0 Å². The highest BCUT2D eigenvalue weighted by atomic mass is 16.0. The van der Waals surface area contributed by atoms with E-state index in [1.165, 1.54) is 44.9 Å². The Morgan fingerprint density at radius 2 is 1.17 bits per heavy atom. The van der Waals surface area contributed by atoms with E-state index in [4.69, 9.17) is 0 Å². The summed E-state index contributed by atoms with van der Waals surface area (Å²) >= 11 is 0. The molecule has 0 spiro atoms. The third-order valence-corrected chi connectivity index (χ3v) is 6.80. The molecule has 0 aromatic heterocycles. The zero-order chi connectivity index (χ0) is 15.1. The van der Waals surface area contributed by atoms with Crippen molar-refractivity contribution in [2.75, 3.05) is 0 Å². The van der Waals surface area contributed by atoms with Gasteiger partial charge in [0.15, 0.2) is 0 Å². The molecule has 0 aromatic rings. The molecule has 2 fully saturated rings. The van der Waals surface area contributed by atoms with Gasteiger partial charge in [0.05, 0.1) is 0 Å². The molecule has 2 rings (SSSR count). The van der Waals surface area contributed by atoms with Gasteiger partial charge in [0.1, 0.15) is 0 Å². The monoisotopic (exact) mass is 346 g/mol. The fraction of sp³-hybridized carbons (Fsp3) is 1.00. The molecule has 2 aliphatic carbocycles. The van der Waals surface area contributed by atoms with Crippen LogP contribution in [0, 0.1) is 29.6 Å². The predicted molar refractivity (Wildman–Crippen MR) is 105 cm³/mol. The van der Waals surface area contributed by atoms with Gasteiger partial charge in [0.2, 0.25) is 0 Å². The van der Waals surface area contributed by atoms with E-state index in [0.29, 0.717) is 0 Å². The summed E-state index contributed by atoms with van der Waals surface area (Å²) < 4.78 is 0. The molecule has 2 aliphatic rings. The summed E-state index contributed by atoms with van der Waals surface area (Å²) in [6, 6.07) is 0. The van der Waals surface area contributed by atoms with Crippen LogP contribution < -0.4 is 0 Å². The van der Waals surface area contributed by atoms with Crippen molar-refractivity contribution in [1.29, 1.82) is 0 Å². The van der Waals surface area contributed by atoms with Gasteiger partial charge < -0.3 is 16.4 Å². The smallest absolute Gasteiger partial charge is 0.0386 e. The molecule has 2 saturated carbocycles. The number of rotatable bonds is 7. The highest BCUT2D eigenvalue weighted by Crippen LogP contribution is 2.44. The van der Waals surface area contributed by atoms with Gasteiger partial charge >= 0.3 is 0 Å². The Kier molecular flexibility index (Phi) is 15.3. The molecule has 3 heteroatoms. The molecule has 0 aliphatic heterocycles. The normalized spacial score (nSPS) is 31.1. The molecule has 6 N–H and O–H groups in total. The maximum atomic E-state index is 2.45. The molecular formula is C21H46O3. The highest BCUT2D eigenvalue weighted by molar-refractivity contribution is 4.83. The Hall–Kier alpha value is -0.120. The zero-order valence-electron chi connectivity index (χ0n) is 16.6. The SMILES string of the molecule is CCCC[C@H](CCC)C1CCC(C2CCC(C)CC2)CC1.O.O.O. The molecule has 0 bridgehead atoms. The van der Waals surface area contributed by atoms with E-state index >= 15 is 0 Å². The second-order valence-electron chi connectivity index (χ2n) is 8.39. The van der Waals surface area contributed by atoms with Crippen LogP contribution >= 0.6 is 0 Å². The molecule has 0 heterocycles. The molecule has 0 amide bonds. The third-order valence-electron chi connectivity index (χ3n) is 6.80. The quantitative estimate of drug-likeness (QED) is 0.636. The summed E-state index contributed by atoms with van der Waals surface area (Å²) in [5.74, 6) is 5.35. The first-order chi connectivity index (χ1) is 10.2. The summed E-state index contributed by atoms with van der Waals surface area (Å²) in [6.45, 7) is 7.19. The molecule has 148 valence electrons. The summed E-state index contributed by atoms with van der Waals surface area (Å²) in [5.41, 5.74) is 0. The number of hydrogen-bond acceptors (Lipinski definition) is 0. The molecule has 0 saturated heterocycles. The summed E-state index contributed by atoms with van der Waals surface area (Å²) in [6.07, 6.45) is 19.6. The van der Waals surface area contributed by atoms with E-state index in [1.807, 2.05) is 0 Å². The number of unbranched alkanes of at least 4 members (excludes halogenated alkanes) is 1. The Balaban J connectivity index is 0. The molecule has 3 nitrogen and oxygen atoms in total. The van der Waals surface area contributed by atoms with Crippen molar-refractivity contribution in [3.63, 3.8) is 0 Å². The predicted octanol–water partition coefficient (Wildman–Crippen LogP) is 4.75. The van der Waals surface area contributed by atoms with Crippen molar-refractivity contribution in [1.82, 2.24) is 0 Å². The Bertz CT molecular complexity index is 266. The Morgan fingerprint density at radius 3 is 1.62 bits per heavy atom. The lowest BCUT2D eigenvalue weighted by Gasteiger charge is -2.39. The van der Waals surface area contributed by atoms with E-state index in [9.17, 15) is 0 Å². The standard InChI is InChI=1S/C21H40.3H2O/c1-4-6-8-18(7-5-2)20-13-15-21(16-14-20)19-11-9-17(3)10-12-19;;;/h17-21H,4-16H2,1-3H3;3*1H2/t17?,18-,19?,20?,21?;;;/m0.../s1. The van der Waals surface area contributed by atoms with E-state index in [2.05, 4.69) is 20.8 Å². The number of hydrogen-bond donors (Lipinski definition) is 0. The third kappa shape index (κ3) is 7.84. The van der Waals surface area contributed by atoms with Gasteiger partial charge in [-0.2, -0.15) is 0 Å². The van der Waals surface area contributed by atoms with E-state index in [0.717, 1.165) is 29.6 Å². The molecule has 24 heavy (non-hydrogen) atoms. The second kappa shape index (κ2) is 14.1. The zero-order valence-corrected chi connectivity index (χ0v) is 16.6. The van der Waals surface area contributed by atoms with Crippen LogP contribution in [-0.4, -0.2) is 16.4 Å². The van der Waals surface area contributed by atoms with Crippen molar-refractivity contribution in [2.24, 2.45) is 29.6 Å². The molecule has 0 radical (unpaired) electrons. The van der Waals surface area contributed by atoms with E-state index in [1.54, 1.807) is 38.5 Å². The van der Waals surface area contributed by atoms with Gasteiger partial charge in [-0.3, -0.25) is 0 Å². The van der Waals surface area contributed by atoms with Gasteiger partial charge in [0, 0.05) is 0 Å². The van der Waals surface area contributed by atoms with E-state index < -0.39 is 0 Å². The van der Waals surface area contributed by atoms with Gasteiger partial charge in [0.25, 0.3) is 0 Å². The van der Waals surface area contributed by atoms with Crippen LogP contribution in [0.4, 0.5) is 0 Å². The van der Waals surface area contributed by atoms with Crippen LogP contribution in [0.3, 0.4) is 0 Å². The molecule has 1 atom stereocenters. The van der Waals surface area contributed by atoms with Crippen molar-refractivity contribution in [3.05, 3.63) is 0 Å². The first kappa shape index (κ1) is 26.1. The Morgan fingerprint density at radius 1 is 0.667 bits per heavy atom. The van der Waals surface area contributed by atoms with Crippen molar-refractivity contribution in [2.45, 2.75) is 104 Å². The van der Waals surface area contributed by atoms with Gasteiger partial charge in [-0.25, -0.2) is 0 Å². The maximum absolute atomic E-state index is 2.45. The van der Waals surface area contributed by atoms with Crippen LogP contribution in [0.15, 0.2) is 0 Å². The minimum Gasteiger partial charge on any atom is -0.412 e. The molecular weight excluding hydrogens is 300 g/mol. The lowest BCUT2D eigenvalue weighted by molar-refractivity contribution is 0.121. The highest BCUT2D eigenvalue weighted by Gasteiger charge is 2.32. The summed E-state index contributed by atoms with van der Waals surface area (Å²) in [7, 11) is 0. The van der Waals surface area contributed by atoms with Crippen LogP contribution in [0.5, 0.6) is 0 Å². The fourth-order valence-corrected chi connectivity index (χ4v) is 5.30. The fourth-order valence-electron chi connectivity index (χ4n) is 5.30. The minimum atomic E-state index is 0. The van der Waals surface area contributed by atoms with Gasteiger partial charge in [-0.05, 0) is 68.1 Å². The lowest BCUT2D eigenvalue weighted by atomic mass is 9.66. The van der Waals surface area contributed by atoms with Crippen LogP contribution in [0.2, 0.25) is 0 Å². The van der Waals surface area contributed by atoms with Crippen molar-refractivity contribution in [3.8, 4) is 0 Å². The summed E-state index contributed by atoms with van der Waals surface area (Å²) in [4.78, 5) is 0. The van der Waals surface area contributed by atoms with Crippen LogP contribution in [0.1, 0.15) is 104 Å². The van der Waals surface area contributed by atoms with Crippen molar-refractivity contribution < 1.29 is 16.4 Å². The average molecular weight is 347 g/mol. The van der Waals surface area contributed by atoms with E-state index in [-0.39, 0.29) is 16.4 Å². The summed E-state index contributed by atoms with van der Waals surface area (Å²) in [5, 5.41) is 0. The maximum Gasteiger partial charge on any atom is -0.0386 e. The average Bonchev–Trinajstić information content (AvgIpc) is 2.52. The molecule has 0 aromatic carbocycles. The van der Waals surface area contributed by atoms with Crippen LogP contribution in [-0.2, 0) is 0 Å². The van der Waals surface area contributed by atoms with Gasteiger partial charge in [-0.1, -0.05) is 65.7 Å². The van der Waals surface area contributed by atoms with Crippen molar-refractivity contribution >= 4 is 0 Å². The molecule has 0 unspecified atom stereocenters. The topological polar surface area (TPSA) is 94.5 Å². The van der Waals surface area contributed by atoms with Gasteiger partial charge in [-0.15, -0.1) is 0 Å². The second-order valence-corrected chi connectivity index (χ2v) is 8.39. The Labute approximate surface area is 150 Å². The first-order valence-corrected chi connectivity index (χ1v) is 10.2. The minimum absolute atomic E-state index is 0. The lowest BCUT2D eigenvalue weighted by Crippen LogP contribution is -2.28. The largest absolute Gasteiger partial charge is 0.412 e. The first-order valence-electron chi connectivity index (χ1n) is 10.2.